The lowest BCUT2D eigenvalue weighted by atomic mass is 9.84. The fourth-order valence-electron chi connectivity index (χ4n) is 7.54. The Kier molecular flexibility index (Phi) is 6.11. The first-order chi connectivity index (χ1) is 22.7. The van der Waals surface area contributed by atoms with Gasteiger partial charge >= 0.3 is 0 Å². The molecule has 1 aliphatic rings. The van der Waals surface area contributed by atoms with Gasteiger partial charge in [0, 0.05) is 5.56 Å². The van der Waals surface area contributed by atoms with Gasteiger partial charge < -0.3 is 5.11 Å². The zero-order valence-corrected chi connectivity index (χ0v) is 25.2. The highest BCUT2D eigenvalue weighted by Gasteiger charge is 2.29. The molecule has 8 aromatic rings. The van der Waals surface area contributed by atoms with E-state index in [-0.39, 0.29) is 0 Å². The van der Waals surface area contributed by atoms with Gasteiger partial charge in [0.25, 0.3) is 0 Å². The summed E-state index contributed by atoms with van der Waals surface area (Å²) in [5, 5.41) is 15.9. The third-order valence-corrected chi connectivity index (χ3v) is 9.63. The van der Waals surface area contributed by atoms with Crippen molar-refractivity contribution in [2.24, 2.45) is 0 Å². The number of hydrogen-bond donors (Lipinski definition) is 1. The number of hydrogen-bond acceptors (Lipinski definition) is 1. The van der Waals surface area contributed by atoms with E-state index < -0.39 is 0 Å². The Morgan fingerprint density at radius 2 is 0.935 bits per heavy atom. The molecular formula is C45H30O. The molecule has 0 atom stereocenters. The van der Waals surface area contributed by atoms with Crippen LogP contribution in [0.25, 0.3) is 77.2 Å². The highest BCUT2D eigenvalue weighted by molar-refractivity contribution is 6.08. The third kappa shape index (κ3) is 4.17. The first kappa shape index (κ1) is 26.5. The van der Waals surface area contributed by atoms with Crippen LogP contribution in [0.3, 0.4) is 0 Å². The quantitative estimate of drug-likeness (QED) is 0.217. The van der Waals surface area contributed by atoms with E-state index in [1.165, 1.54) is 71.6 Å². The lowest BCUT2D eigenvalue weighted by Gasteiger charge is -2.19. The van der Waals surface area contributed by atoms with E-state index in [0.29, 0.717) is 5.75 Å². The Hall–Kier alpha value is -5.92. The van der Waals surface area contributed by atoms with E-state index in [1.807, 2.05) is 24.3 Å². The Balaban J connectivity index is 1.35. The van der Waals surface area contributed by atoms with Gasteiger partial charge in [-0.1, -0.05) is 152 Å². The maximum Gasteiger partial charge on any atom is 0.123 e. The van der Waals surface area contributed by atoms with Crippen LogP contribution in [0.2, 0.25) is 0 Å². The van der Waals surface area contributed by atoms with Gasteiger partial charge in [0.15, 0.2) is 0 Å². The molecular weight excluding hydrogens is 556 g/mol. The molecule has 1 N–H and O–H groups in total. The summed E-state index contributed by atoms with van der Waals surface area (Å²) in [5.41, 5.74) is 14.5. The summed E-state index contributed by atoms with van der Waals surface area (Å²) in [7, 11) is 0. The van der Waals surface area contributed by atoms with Crippen molar-refractivity contribution < 1.29 is 5.11 Å². The molecule has 8 aromatic carbocycles. The molecule has 0 saturated heterocycles. The maximum absolute atomic E-state index is 10.9. The summed E-state index contributed by atoms with van der Waals surface area (Å²) in [6.45, 7) is 0. The van der Waals surface area contributed by atoms with Gasteiger partial charge in [0.2, 0.25) is 0 Å². The van der Waals surface area contributed by atoms with Gasteiger partial charge in [-0.05, 0) is 101 Å². The van der Waals surface area contributed by atoms with Crippen LogP contribution in [-0.2, 0) is 6.42 Å². The third-order valence-electron chi connectivity index (χ3n) is 9.63. The zero-order valence-electron chi connectivity index (χ0n) is 25.2. The Labute approximate surface area is 268 Å². The summed E-state index contributed by atoms with van der Waals surface area (Å²) in [6, 6.07) is 58.3. The van der Waals surface area contributed by atoms with Crippen molar-refractivity contribution in [3.63, 3.8) is 0 Å². The van der Waals surface area contributed by atoms with Crippen LogP contribution >= 0.6 is 0 Å². The minimum Gasteiger partial charge on any atom is -0.507 e. The number of rotatable bonds is 4. The second kappa shape index (κ2) is 10.6. The zero-order chi connectivity index (χ0) is 30.6. The fraction of sp³-hybridized carbons (Fsp3) is 0.0222. The second-order valence-corrected chi connectivity index (χ2v) is 12.2. The van der Waals surface area contributed by atoms with Gasteiger partial charge in [0.05, 0.1) is 0 Å². The van der Waals surface area contributed by atoms with Crippen LogP contribution in [0.1, 0.15) is 11.1 Å². The molecule has 0 heterocycles. The van der Waals surface area contributed by atoms with Crippen molar-refractivity contribution in [1.82, 2.24) is 0 Å². The van der Waals surface area contributed by atoms with Crippen LogP contribution in [0.4, 0.5) is 0 Å². The lowest BCUT2D eigenvalue weighted by molar-refractivity contribution is 0.477. The molecule has 1 aliphatic carbocycles. The van der Waals surface area contributed by atoms with E-state index in [0.717, 1.165) is 23.1 Å². The van der Waals surface area contributed by atoms with E-state index >= 15 is 0 Å². The van der Waals surface area contributed by atoms with Crippen molar-refractivity contribution in [1.29, 1.82) is 0 Å². The molecule has 1 nitrogen and oxygen atoms in total. The number of benzene rings is 8. The first-order valence-electron chi connectivity index (χ1n) is 15.9. The molecule has 0 bridgehead atoms. The van der Waals surface area contributed by atoms with Crippen LogP contribution in [0, 0.1) is 0 Å². The van der Waals surface area contributed by atoms with Gasteiger partial charge in [-0.15, -0.1) is 0 Å². The minimum absolute atomic E-state index is 0.292. The highest BCUT2D eigenvalue weighted by Crippen LogP contribution is 2.52. The monoisotopic (exact) mass is 586 g/mol. The molecule has 0 radical (unpaired) electrons. The summed E-state index contributed by atoms with van der Waals surface area (Å²) in [6.07, 6.45) is 0.846. The molecule has 0 aromatic heterocycles. The molecule has 0 amide bonds. The van der Waals surface area contributed by atoms with E-state index in [4.69, 9.17) is 0 Å². The minimum atomic E-state index is 0.292. The van der Waals surface area contributed by atoms with Crippen LogP contribution in [0.5, 0.6) is 5.75 Å². The largest absolute Gasteiger partial charge is 0.507 e. The molecule has 0 fully saturated rings. The van der Waals surface area contributed by atoms with E-state index in [9.17, 15) is 5.11 Å². The Bertz CT molecular complexity index is 2440. The highest BCUT2D eigenvalue weighted by atomic mass is 16.3. The fourth-order valence-corrected chi connectivity index (χ4v) is 7.54. The van der Waals surface area contributed by atoms with Crippen LogP contribution in [-0.4, -0.2) is 5.11 Å². The van der Waals surface area contributed by atoms with Crippen molar-refractivity contribution in [2.45, 2.75) is 6.42 Å². The van der Waals surface area contributed by atoms with Crippen molar-refractivity contribution >= 4 is 21.5 Å². The smallest absolute Gasteiger partial charge is 0.123 e. The maximum atomic E-state index is 10.9. The van der Waals surface area contributed by atoms with Crippen LogP contribution in [0.15, 0.2) is 164 Å². The van der Waals surface area contributed by atoms with Gasteiger partial charge in [-0.25, -0.2) is 0 Å². The molecule has 0 aliphatic heterocycles. The predicted octanol–water partition coefficient (Wildman–Crippen LogP) is 11.9. The van der Waals surface area contributed by atoms with Crippen molar-refractivity contribution in [2.75, 3.05) is 0 Å². The number of phenolic OH excluding ortho intramolecular Hbond substituents is 1. The molecule has 216 valence electrons. The number of aromatic hydroxyl groups is 1. The Morgan fingerprint density at radius 1 is 0.370 bits per heavy atom. The topological polar surface area (TPSA) is 20.2 Å². The SMILES string of the molecule is Oc1ccc(-c2ccc(-c3cccc4ccccc34)c3c2Cc2cccc(-c4cccc5ccccc45)c2-3)cc1-c1ccccc1. The van der Waals surface area contributed by atoms with Crippen molar-refractivity contribution in [3.05, 3.63) is 175 Å². The summed E-state index contributed by atoms with van der Waals surface area (Å²) in [4.78, 5) is 0. The summed E-state index contributed by atoms with van der Waals surface area (Å²) in [5.74, 6) is 0.292. The van der Waals surface area contributed by atoms with E-state index in [2.05, 4.69) is 140 Å². The predicted molar refractivity (Wildman–Crippen MR) is 193 cm³/mol. The van der Waals surface area contributed by atoms with Gasteiger partial charge in [0.1, 0.15) is 5.75 Å². The number of phenols is 1. The van der Waals surface area contributed by atoms with Gasteiger partial charge in [-0.3, -0.25) is 0 Å². The van der Waals surface area contributed by atoms with Crippen LogP contribution < -0.4 is 0 Å². The summed E-state index contributed by atoms with van der Waals surface area (Å²) < 4.78 is 0. The average Bonchev–Trinajstić information content (AvgIpc) is 3.52. The molecule has 46 heavy (non-hydrogen) atoms. The molecule has 0 spiro atoms. The molecule has 0 saturated carbocycles. The average molecular weight is 587 g/mol. The normalized spacial score (nSPS) is 11.9. The van der Waals surface area contributed by atoms with E-state index in [1.54, 1.807) is 0 Å². The van der Waals surface area contributed by atoms with Crippen molar-refractivity contribution in [3.8, 4) is 61.4 Å². The summed E-state index contributed by atoms with van der Waals surface area (Å²) >= 11 is 0. The lowest BCUT2D eigenvalue weighted by Crippen LogP contribution is -1.94. The standard InChI is InChI=1S/C45H30O/c46-43-26-23-32(27-41(43)31-11-2-1-3-12-31)36-24-25-40(38-21-9-16-30-14-5-7-19-35(30)38)45-42(36)28-33-17-10-22-39(44(33)45)37-20-8-15-29-13-4-6-18-34(29)37/h1-27,46H,28H2. The first-order valence-corrected chi connectivity index (χ1v) is 15.9. The second-order valence-electron chi connectivity index (χ2n) is 12.2. The molecule has 0 unspecified atom stereocenters. The molecule has 9 rings (SSSR count). The molecule has 1 heteroatoms. The number of fused-ring (bicyclic) bond motifs is 5. The Morgan fingerprint density at radius 3 is 1.65 bits per heavy atom. The van der Waals surface area contributed by atoms with Gasteiger partial charge in [-0.2, -0.15) is 0 Å².